The van der Waals surface area contributed by atoms with Crippen LogP contribution in [0.5, 0.6) is 0 Å². The third-order valence-corrected chi connectivity index (χ3v) is 2.40. The fourth-order valence-electron chi connectivity index (χ4n) is 1.59. The number of hydrogen-bond acceptors (Lipinski definition) is 4. The van der Waals surface area contributed by atoms with E-state index in [0.29, 0.717) is 6.54 Å². The molecule has 17 heavy (non-hydrogen) atoms. The number of aromatic nitrogens is 2. The Bertz CT molecular complexity index is 562. The smallest absolute Gasteiger partial charge is 0.292 e. The lowest BCUT2D eigenvalue weighted by Gasteiger charge is -2.03. The number of rotatable bonds is 3. The minimum atomic E-state index is -0.479. The van der Waals surface area contributed by atoms with E-state index in [-0.39, 0.29) is 11.4 Å². The first-order valence-electron chi connectivity index (χ1n) is 5.08. The third-order valence-electron chi connectivity index (χ3n) is 2.40. The number of nitrogen functional groups attached to an aromatic ring is 1. The van der Waals surface area contributed by atoms with Crippen molar-refractivity contribution in [2.24, 2.45) is 0 Å². The van der Waals surface area contributed by atoms with Gasteiger partial charge in [0.05, 0.1) is 17.7 Å². The van der Waals surface area contributed by atoms with Crippen LogP contribution in [-0.4, -0.2) is 14.7 Å². The van der Waals surface area contributed by atoms with E-state index in [4.69, 9.17) is 5.73 Å². The highest BCUT2D eigenvalue weighted by Crippen LogP contribution is 2.22. The molecule has 0 atom stereocenters. The van der Waals surface area contributed by atoms with Gasteiger partial charge >= 0.3 is 0 Å². The number of anilines is 1. The van der Waals surface area contributed by atoms with Crippen LogP contribution < -0.4 is 5.73 Å². The van der Waals surface area contributed by atoms with E-state index in [1.165, 1.54) is 6.07 Å². The van der Waals surface area contributed by atoms with Gasteiger partial charge in [0.2, 0.25) is 0 Å². The molecule has 6 heteroatoms. The second kappa shape index (κ2) is 4.25. The molecule has 0 unspecified atom stereocenters. The predicted octanol–water partition coefficient (Wildman–Crippen LogP) is 1.73. The van der Waals surface area contributed by atoms with Crippen LogP contribution >= 0.6 is 0 Å². The van der Waals surface area contributed by atoms with Crippen molar-refractivity contribution < 1.29 is 4.92 Å². The quantitative estimate of drug-likeness (QED) is 0.496. The van der Waals surface area contributed by atoms with Crippen molar-refractivity contribution in [3.8, 4) is 0 Å². The average Bonchev–Trinajstić information content (AvgIpc) is 2.66. The van der Waals surface area contributed by atoms with Crippen molar-refractivity contribution in [2.45, 2.75) is 13.5 Å². The maximum Gasteiger partial charge on any atom is 0.292 e. The van der Waals surface area contributed by atoms with Gasteiger partial charge in [-0.25, -0.2) is 0 Å². The van der Waals surface area contributed by atoms with Gasteiger partial charge in [0, 0.05) is 12.3 Å². The minimum Gasteiger partial charge on any atom is -0.393 e. The van der Waals surface area contributed by atoms with E-state index in [1.807, 2.05) is 13.1 Å². The highest BCUT2D eigenvalue weighted by molar-refractivity contribution is 5.59. The SMILES string of the molecule is Cc1cnn(Cc2ccc(N)c([N+](=O)[O-])c2)c1. The van der Waals surface area contributed by atoms with Crippen LogP contribution in [0.15, 0.2) is 30.6 Å². The lowest BCUT2D eigenvalue weighted by molar-refractivity contribution is -0.384. The fraction of sp³-hybridized carbons (Fsp3) is 0.182. The molecule has 0 aliphatic rings. The van der Waals surface area contributed by atoms with Crippen LogP contribution in [0.25, 0.3) is 0 Å². The molecule has 2 N–H and O–H groups in total. The van der Waals surface area contributed by atoms with Crippen LogP contribution in [0.4, 0.5) is 11.4 Å². The maximum absolute atomic E-state index is 10.7. The average molecular weight is 232 g/mol. The van der Waals surface area contributed by atoms with E-state index in [0.717, 1.165) is 11.1 Å². The Balaban J connectivity index is 2.28. The number of hydrogen-bond donors (Lipinski definition) is 1. The van der Waals surface area contributed by atoms with Crippen LogP contribution in [0.2, 0.25) is 0 Å². The third kappa shape index (κ3) is 2.41. The van der Waals surface area contributed by atoms with E-state index >= 15 is 0 Å². The van der Waals surface area contributed by atoms with Crippen molar-refractivity contribution in [2.75, 3.05) is 5.73 Å². The van der Waals surface area contributed by atoms with Crippen LogP contribution in [0, 0.1) is 17.0 Å². The maximum atomic E-state index is 10.7. The zero-order valence-corrected chi connectivity index (χ0v) is 9.33. The number of nitro benzene ring substituents is 1. The summed E-state index contributed by atoms with van der Waals surface area (Å²) < 4.78 is 1.73. The van der Waals surface area contributed by atoms with Crippen molar-refractivity contribution in [1.29, 1.82) is 0 Å². The molecule has 0 bridgehead atoms. The number of nitrogens with two attached hydrogens (primary N) is 1. The highest BCUT2D eigenvalue weighted by Gasteiger charge is 2.11. The first kappa shape index (κ1) is 11.1. The first-order chi connectivity index (χ1) is 8.06. The molecule has 1 heterocycles. The van der Waals surface area contributed by atoms with Crippen LogP contribution in [0.1, 0.15) is 11.1 Å². The van der Waals surface area contributed by atoms with Crippen molar-refractivity contribution in [1.82, 2.24) is 9.78 Å². The van der Waals surface area contributed by atoms with Gasteiger partial charge in [0.15, 0.2) is 0 Å². The molecule has 1 aromatic heterocycles. The van der Waals surface area contributed by atoms with Gasteiger partial charge < -0.3 is 5.73 Å². The largest absolute Gasteiger partial charge is 0.393 e. The molecule has 6 nitrogen and oxygen atoms in total. The summed E-state index contributed by atoms with van der Waals surface area (Å²) in [7, 11) is 0. The summed E-state index contributed by atoms with van der Waals surface area (Å²) in [5.41, 5.74) is 7.49. The summed E-state index contributed by atoms with van der Waals surface area (Å²) >= 11 is 0. The van der Waals surface area contributed by atoms with Crippen LogP contribution in [0.3, 0.4) is 0 Å². The first-order valence-corrected chi connectivity index (χ1v) is 5.08. The molecule has 2 rings (SSSR count). The number of benzene rings is 1. The molecule has 0 amide bonds. The lowest BCUT2D eigenvalue weighted by atomic mass is 10.2. The van der Waals surface area contributed by atoms with E-state index < -0.39 is 4.92 Å². The molecule has 2 aromatic rings. The Hall–Kier alpha value is -2.37. The standard InChI is InChI=1S/C11H12N4O2/c1-8-5-13-14(6-8)7-9-2-3-10(12)11(4-9)15(16)17/h2-6H,7,12H2,1H3. The van der Waals surface area contributed by atoms with Gasteiger partial charge in [-0.15, -0.1) is 0 Å². The summed E-state index contributed by atoms with van der Waals surface area (Å²) in [4.78, 5) is 10.3. The summed E-state index contributed by atoms with van der Waals surface area (Å²) in [5, 5.41) is 14.9. The molecule has 0 aliphatic heterocycles. The zero-order chi connectivity index (χ0) is 12.4. The molecule has 88 valence electrons. The minimum absolute atomic E-state index is 0.0635. The molecule has 0 radical (unpaired) electrons. The number of nitro groups is 1. The van der Waals surface area contributed by atoms with Crippen molar-refractivity contribution >= 4 is 11.4 Å². The fourth-order valence-corrected chi connectivity index (χ4v) is 1.59. The molecule has 0 fully saturated rings. The second-order valence-electron chi connectivity index (χ2n) is 3.87. The van der Waals surface area contributed by atoms with Crippen molar-refractivity contribution in [3.05, 3.63) is 51.8 Å². The number of aryl methyl sites for hydroxylation is 1. The molecule has 1 aromatic carbocycles. The van der Waals surface area contributed by atoms with Gasteiger partial charge in [-0.3, -0.25) is 14.8 Å². The monoisotopic (exact) mass is 232 g/mol. The Kier molecular flexibility index (Phi) is 2.78. The van der Waals surface area contributed by atoms with Gasteiger partial charge in [-0.1, -0.05) is 6.07 Å². The summed E-state index contributed by atoms with van der Waals surface area (Å²) in [6.45, 7) is 2.43. The van der Waals surface area contributed by atoms with Gasteiger partial charge in [0.25, 0.3) is 5.69 Å². The molecular formula is C11H12N4O2. The Morgan fingerprint density at radius 1 is 1.53 bits per heavy atom. The topological polar surface area (TPSA) is 87.0 Å². The van der Waals surface area contributed by atoms with E-state index in [9.17, 15) is 10.1 Å². The van der Waals surface area contributed by atoms with Gasteiger partial charge in [0.1, 0.15) is 5.69 Å². The summed E-state index contributed by atoms with van der Waals surface area (Å²) in [6, 6.07) is 4.79. The van der Waals surface area contributed by atoms with Gasteiger partial charge in [-0.05, 0) is 24.1 Å². The zero-order valence-electron chi connectivity index (χ0n) is 9.33. The predicted molar refractivity (Wildman–Crippen MR) is 63.6 cm³/mol. The normalized spacial score (nSPS) is 10.4. The Labute approximate surface area is 97.8 Å². The second-order valence-corrected chi connectivity index (χ2v) is 3.87. The summed E-state index contributed by atoms with van der Waals surface area (Å²) in [6.07, 6.45) is 3.62. The lowest BCUT2D eigenvalue weighted by Crippen LogP contribution is -2.02. The number of nitrogens with zero attached hydrogens (tertiary/aromatic N) is 3. The Morgan fingerprint density at radius 2 is 2.29 bits per heavy atom. The summed E-state index contributed by atoms with van der Waals surface area (Å²) in [5.74, 6) is 0. The van der Waals surface area contributed by atoms with E-state index in [2.05, 4.69) is 5.10 Å². The van der Waals surface area contributed by atoms with Crippen molar-refractivity contribution in [3.63, 3.8) is 0 Å². The Morgan fingerprint density at radius 3 is 2.88 bits per heavy atom. The highest BCUT2D eigenvalue weighted by atomic mass is 16.6. The molecular weight excluding hydrogens is 220 g/mol. The van der Waals surface area contributed by atoms with Gasteiger partial charge in [-0.2, -0.15) is 5.10 Å². The molecule has 0 aliphatic carbocycles. The van der Waals surface area contributed by atoms with Crippen LogP contribution in [-0.2, 0) is 6.54 Å². The molecule has 0 saturated heterocycles. The molecule has 0 spiro atoms. The molecule has 0 saturated carbocycles. The van der Waals surface area contributed by atoms with E-state index in [1.54, 1.807) is 23.0 Å².